The van der Waals surface area contributed by atoms with Gasteiger partial charge >= 0.3 is 5.97 Å². The molecule has 2 N–H and O–H groups in total. The Labute approximate surface area is 263 Å². The van der Waals surface area contributed by atoms with Crippen LogP contribution in [0.25, 0.3) is 0 Å². The first-order valence-electron chi connectivity index (χ1n) is 14.8. The van der Waals surface area contributed by atoms with Crippen molar-refractivity contribution >= 4 is 46.7 Å². The summed E-state index contributed by atoms with van der Waals surface area (Å²) in [5.41, 5.74) is 2.83. The molecular formula is C35H39ClN2O6. The SMILES string of the molecule is CCC(C)(C)c1ccc(OCCCC(=O)Nc2ccc(Cl)c(N3C(=O)c4ccc(C(=O)O)cc4C3=O)c2)c(C(C)(C)CC)c1. The van der Waals surface area contributed by atoms with Crippen LogP contribution < -0.4 is 15.0 Å². The van der Waals surface area contributed by atoms with Gasteiger partial charge in [-0.05, 0) is 78.1 Å². The van der Waals surface area contributed by atoms with Gasteiger partial charge in [0.25, 0.3) is 11.8 Å². The molecule has 232 valence electrons. The number of carbonyl (C=O) groups is 4. The zero-order valence-corrected chi connectivity index (χ0v) is 26.8. The van der Waals surface area contributed by atoms with Gasteiger partial charge in [0.05, 0.1) is 34.0 Å². The first-order chi connectivity index (χ1) is 20.7. The van der Waals surface area contributed by atoms with Crippen molar-refractivity contribution in [1.29, 1.82) is 0 Å². The highest BCUT2D eigenvalue weighted by molar-refractivity contribution is 6.40. The third-order valence-corrected chi connectivity index (χ3v) is 8.99. The molecule has 0 unspecified atom stereocenters. The zero-order valence-electron chi connectivity index (χ0n) is 26.0. The molecule has 1 aliphatic heterocycles. The molecule has 8 nitrogen and oxygen atoms in total. The van der Waals surface area contributed by atoms with Gasteiger partial charge < -0.3 is 15.2 Å². The highest BCUT2D eigenvalue weighted by Crippen LogP contribution is 2.39. The smallest absolute Gasteiger partial charge is 0.335 e. The van der Waals surface area contributed by atoms with Crippen molar-refractivity contribution in [3.8, 4) is 5.75 Å². The maximum absolute atomic E-state index is 13.1. The summed E-state index contributed by atoms with van der Waals surface area (Å²) in [6.07, 6.45) is 2.64. The maximum Gasteiger partial charge on any atom is 0.335 e. The lowest BCUT2D eigenvalue weighted by molar-refractivity contribution is -0.116. The molecule has 0 radical (unpaired) electrons. The Morgan fingerprint density at radius 3 is 2.23 bits per heavy atom. The zero-order chi connectivity index (χ0) is 32.4. The van der Waals surface area contributed by atoms with Crippen LogP contribution in [0.15, 0.2) is 54.6 Å². The number of carboxylic acids is 1. The number of fused-ring (bicyclic) bond motifs is 1. The first-order valence-corrected chi connectivity index (χ1v) is 15.2. The van der Waals surface area contributed by atoms with E-state index < -0.39 is 17.8 Å². The van der Waals surface area contributed by atoms with Gasteiger partial charge in [-0.3, -0.25) is 14.4 Å². The molecule has 44 heavy (non-hydrogen) atoms. The van der Waals surface area contributed by atoms with Crippen molar-refractivity contribution in [2.45, 2.75) is 78.1 Å². The van der Waals surface area contributed by atoms with Gasteiger partial charge in [0, 0.05) is 17.7 Å². The van der Waals surface area contributed by atoms with Gasteiger partial charge in [-0.2, -0.15) is 0 Å². The minimum absolute atomic E-state index is 0.0189. The Hall–Kier alpha value is -4.17. The number of imide groups is 1. The molecule has 3 aromatic rings. The second kappa shape index (κ2) is 12.8. The van der Waals surface area contributed by atoms with Gasteiger partial charge in [0.1, 0.15) is 5.75 Å². The Bertz CT molecular complexity index is 1630. The van der Waals surface area contributed by atoms with E-state index in [1.807, 2.05) is 6.07 Å². The van der Waals surface area contributed by atoms with Crippen molar-refractivity contribution in [3.63, 3.8) is 0 Å². The van der Waals surface area contributed by atoms with Gasteiger partial charge in [0.2, 0.25) is 5.91 Å². The molecule has 3 amide bonds. The average molecular weight is 619 g/mol. The Morgan fingerprint density at radius 2 is 1.57 bits per heavy atom. The highest BCUT2D eigenvalue weighted by atomic mass is 35.5. The standard InChI is InChI=1S/C35H39ClN2O6/c1-7-34(3,4)22-12-16-29(26(19-22)35(5,6)8-2)44-17-9-10-30(39)37-23-13-15-27(36)28(20-23)38-31(40)24-14-11-21(33(42)43)18-25(24)32(38)41/h11-16,18-20H,7-10,17H2,1-6H3,(H,37,39)(H,42,43). The predicted molar refractivity (Wildman–Crippen MR) is 172 cm³/mol. The van der Waals surface area contributed by atoms with Crippen LogP contribution in [0, 0.1) is 0 Å². The van der Waals surface area contributed by atoms with Crippen molar-refractivity contribution in [3.05, 3.63) is 87.4 Å². The molecule has 4 rings (SSSR count). The van der Waals surface area contributed by atoms with E-state index in [2.05, 4.69) is 59.0 Å². The molecule has 9 heteroatoms. The van der Waals surface area contributed by atoms with Crippen LogP contribution in [0.3, 0.4) is 0 Å². The van der Waals surface area contributed by atoms with Gasteiger partial charge in [-0.25, -0.2) is 9.69 Å². The normalized spacial score (nSPS) is 13.2. The summed E-state index contributed by atoms with van der Waals surface area (Å²) >= 11 is 6.36. The molecule has 0 atom stereocenters. The summed E-state index contributed by atoms with van der Waals surface area (Å²) in [5.74, 6) is -1.95. The molecule has 1 aliphatic rings. The van der Waals surface area contributed by atoms with Crippen LogP contribution in [0.4, 0.5) is 11.4 Å². The Kier molecular flexibility index (Phi) is 9.54. The first kappa shape index (κ1) is 32.7. The van der Waals surface area contributed by atoms with E-state index >= 15 is 0 Å². The van der Waals surface area contributed by atoms with Gasteiger partial charge in [-0.1, -0.05) is 65.3 Å². The van der Waals surface area contributed by atoms with Crippen molar-refractivity contribution in [1.82, 2.24) is 0 Å². The third-order valence-electron chi connectivity index (χ3n) is 8.67. The number of ether oxygens (including phenoxy) is 1. The predicted octanol–water partition coefficient (Wildman–Crippen LogP) is 8.01. The topological polar surface area (TPSA) is 113 Å². The van der Waals surface area contributed by atoms with Crippen LogP contribution in [0.1, 0.15) is 109 Å². The lowest BCUT2D eigenvalue weighted by atomic mass is 9.76. The second-order valence-corrected chi connectivity index (χ2v) is 12.8. The van der Waals surface area contributed by atoms with E-state index in [-0.39, 0.29) is 50.6 Å². The molecule has 0 saturated heterocycles. The van der Waals surface area contributed by atoms with Crippen molar-refractivity contribution in [2.24, 2.45) is 0 Å². The Balaban J connectivity index is 1.41. The van der Waals surface area contributed by atoms with Crippen LogP contribution in [-0.2, 0) is 15.6 Å². The van der Waals surface area contributed by atoms with E-state index in [4.69, 9.17) is 16.3 Å². The van der Waals surface area contributed by atoms with Crippen LogP contribution in [0.5, 0.6) is 5.75 Å². The minimum atomic E-state index is -1.21. The summed E-state index contributed by atoms with van der Waals surface area (Å²) in [4.78, 5) is 51.2. The summed E-state index contributed by atoms with van der Waals surface area (Å²) in [7, 11) is 0. The van der Waals surface area contributed by atoms with E-state index in [0.29, 0.717) is 18.7 Å². The summed E-state index contributed by atoms with van der Waals surface area (Å²) in [6.45, 7) is 13.6. The number of carbonyl (C=O) groups excluding carboxylic acids is 3. The quantitative estimate of drug-likeness (QED) is 0.157. The van der Waals surface area contributed by atoms with E-state index in [9.17, 15) is 24.3 Å². The summed E-state index contributed by atoms with van der Waals surface area (Å²) in [6, 6.07) is 14.7. The second-order valence-electron chi connectivity index (χ2n) is 12.4. The number of nitrogens with zero attached hydrogens (tertiary/aromatic N) is 1. The van der Waals surface area contributed by atoms with Crippen molar-refractivity contribution in [2.75, 3.05) is 16.8 Å². The molecule has 0 bridgehead atoms. The lowest BCUT2D eigenvalue weighted by Crippen LogP contribution is -2.29. The third kappa shape index (κ3) is 6.65. The maximum atomic E-state index is 13.1. The van der Waals surface area contributed by atoms with Crippen LogP contribution in [-0.4, -0.2) is 35.4 Å². The number of hydrogen-bond donors (Lipinski definition) is 2. The molecule has 0 saturated carbocycles. The number of benzene rings is 3. The lowest BCUT2D eigenvalue weighted by Gasteiger charge is -2.30. The largest absolute Gasteiger partial charge is 0.493 e. The molecule has 0 fully saturated rings. The Morgan fingerprint density at radius 1 is 0.886 bits per heavy atom. The number of halogens is 1. The van der Waals surface area contributed by atoms with E-state index in [1.54, 1.807) is 6.07 Å². The number of aromatic carboxylic acids is 1. The number of hydrogen-bond acceptors (Lipinski definition) is 5. The average Bonchev–Trinajstić information content (AvgIpc) is 3.24. The number of rotatable bonds is 12. The fraction of sp³-hybridized carbons (Fsp3) is 0.371. The molecule has 0 aromatic heterocycles. The molecular weight excluding hydrogens is 580 g/mol. The molecule has 3 aromatic carbocycles. The fourth-order valence-corrected chi connectivity index (χ4v) is 5.20. The molecule has 0 aliphatic carbocycles. The monoisotopic (exact) mass is 618 g/mol. The number of nitrogens with one attached hydrogen (secondary N) is 1. The summed E-state index contributed by atoms with van der Waals surface area (Å²) in [5, 5.41) is 12.2. The minimum Gasteiger partial charge on any atom is -0.493 e. The fourth-order valence-electron chi connectivity index (χ4n) is 4.99. The van der Waals surface area contributed by atoms with Crippen molar-refractivity contribution < 1.29 is 29.0 Å². The molecule has 0 spiro atoms. The van der Waals surface area contributed by atoms with E-state index in [1.165, 1.54) is 35.9 Å². The van der Waals surface area contributed by atoms with Crippen LogP contribution in [0.2, 0.25) is 5.02 Å². The highest BCUT2D eigenvalue weighted by Gasteiger charge is 2.38. The number of anilines is 2. The van der Waals surface area contributed by atoms with Gasteiger partial charge in [-0.15, -0.1) is 0 Å². The molecule has 1 heterocycles. The summed E-state index contributed by atoms with van der Waals surface area (Å²) < 4.78 is 6.19. The van der Waals surface area contributed by atoms with Gasteiger partial charge in [0.15, 0.2) is 0 Å². The van der Waals surface area contributed by atoms with E-state index in [0.717, 1.165) is 29.1 Å². The number of carboxylic acid groups (broad SMARTS) is 1. The van der Waals surface area contributed by atoms with Crippen LogP contribution >= 0.6 is 11.6 Å². The number of amides is 3.